The first-order valence-corrected chi connectivity index (χ1v) is 6.55. The van der Waals surface area contributed by atoms with Gasteiger partial charge in [0, 0.05) is 5.69 Å². The zero-order chi connectivity index (χ0) is 14.7. The van der Waals surface area contributed by atoms with Crippen molar-refractivity contribution in [3.8, 4) is 0 Å². The molecular weight excluding hydrogens is 282 g/mol. The van der Waals surface area contributed by atoms with Crippen LogP contribution in [-0.4, -0.2) is 27.0 Å². The van der Waals surface area contributed by atoms with Gasteiger partial charge in [0.25, 0.3) is 0 Å². The van der Waals surface area contributed by atoms with Gasteiger partial charge < -0.3 is 5.11 Å². The van der Waals surface area contributed by atoms with E-state index in [9.17, 15) is 9.59 Å². The Kier molecular flexibility index (Phi) is 4.34. The fraction of sp³-hybridized carbons (Fsp3) is 0.385. The number of anilines is 1. The molecule has 0 radical (unpaired) electrons. The number of hydrogen-bond acceptors (Lipinski definition) is 4. The van der Waals surface area contributed by atoms with Crippen LogP contribution in [0.5, 0.6) is 0 Å². The lowest BCUT2D eigenvalue weighted by molar-refractivity contribution is -0.146. The van der Waals surface area contributed by atoms with E-state index in [1.54, 1.807) is 19.1 Å². The lowest BCUT2D eigenvalue weighted by atomic mass is 9.82. The number of nitrogens with zero attached hydrogens (tertiary/aromatic N) is 2. The van der Waals surface area contributed by atoms with Gasteiger partial charge in [-0.3, -0.25) is 14.9 Å². The van der Waals surface area contributed by atoms with Crippen molar-refractivity contribution in [1.29, 1.82) is 0 Å². The number of allylic oxidation sites excluding steroid dienone is 2. The molecule has 1 amide bonds. The molecule has 1 aromatic rings. The van der Waals surface area contributed by atoms with Crippen LogP contribution in [0.15, 0.2) is 18.2 Å². The van der Waals surface area contributed by atoms with Gasteiger partial charge in [-0.1, -0.05) is 23.8 Å². The molecule has 1 aliphatic carbocycles. The highest BCUT2D eigenvalue weighted by atomic mass is 35.5. The zero-order valence-corrected chi connectivity index (χ0v) is 11.6. The van der Waals surface area contributed by atoms with Gasteiger partial charge in [0.1, 0.15) is 5.15 Å². The van der Waals surface area contributed by atoms with Gasteiger partial charge in [-0.05, 0) is 25.8 Å². The van der Waals surface area contributed by atoms with Crippen LogP contribution in [-0.2, 0) is 9.59 Å². The molecule has 1 aromatic heterocycles. The number of nitrogens with one attached hydrogen (secondary N) is 1. The fourth-order valence-corrected chi connectivity index (χ4v) is 2.40. The molecule has 0 aliphatic heterocycles. The molecule has 0 aromatic carbocycles. The molecule has 2 rings (SSSR count). The van der Waals surface area contributed by atoms with Crippen LogP contribution in [0, 0.1) is 18.8 Å². The van der Waals surface area contributed by atoms with Gasteiger partial charge in [0.15, 0.2) is 0 Å². The second kappa shape index (κ2) is 6.00. The number of carboxylic acid groups (broad SMARTS) is 1. The number of halogens is 1. The van der Waals surface area contributed by atoms with Crippen LogP contribution in [0.1, 0.15) is 18.5 Å². The maximum Gasteiger partial charge on any atom is 0.307 e. The number of aromatic nitrogens is 2. The van der Waals surface area contributed by atoms with E-state index < -0.39 is 23.7 Å². The minimum absolute atomic E-state index is 0.0960. The standard InChI is InChI=1S/C13H14ClN3O3/c1-7-6-10(14)16-13(15-7)17-11(18)8-4-2-3-5-9(8)12(19)20/h2-3,6,8-9H,4-5H2,1H3,(H,19,20)(H,15,16,17,18)/t8-,9+/m1/s1. The predicted octanol–water partition coefficient (Wildman–Crippen LogP) is 2.04. The van der Waals surface area contributed by atoms with Crippen molar-refractivity contribution >= 4 is 29.4 Å². The summed E-state index contributed by atoms with van der Waals surface area (Å²) in [5.74, 6) is -2.62. The highest BCUT2D eigenvalue weighted by molar-refractivity contribution is 6.29. The van der Waals surface area contributed by atoms with Crippen molar-refractivity contribution in [3.63, 3.8) is 0 Å². The summed E-state index contributed by atoms with van der Waals surface area (Å²) in [6, 6.07) is 1.57. The first-order chi connectivity index (χ1) is 9.47. The summed E-state index contributed by atoms with van der Waals surface area (Å²) >= 11 is 5.79. The quantitative estimate of drug-likeness (QED) is 0.657. The Balaban J connectivity index is 2.14. The fourth-order valence-electron chi connectivity index (χ4n) is 2.17. The lowest BCUT2D eigenvalue weighted by Gasteiger charge is -2.23. The maximum atomic E-state index is 12.2. The molecule has 2 atom stereocenters. The Bertz CT molecular complexity index is 554. The zero-order valence-electron chi connectivity index (χ0n) is 10.8. The largest absolute Gasteiger partial charge is 0.481 e. The number of carbonyl (C=O) groups excluding carboxylic acids is 1. The van der Waals surface area contributed by atoms with E-state index in [1.165, 1.54) is 0 Å². The van der Waals surface area contributed by atoms with Crippen LogP contribution in [0.2, 0.25) is 5.15 Å². The van der Waals surface area contributed by atoms with Gasteiger partial charge in [-0.15, -0.1) is 0 Å². The summed E-state index contributed by atoms with van der Waals surface area (Å²) in [6.07, 6.45) is 4.33. The van der Waals surface area contributed by atoms with Crippen LogP contribution in [0.4, 0.5) is 5.95 Å². The molecular formula is C13H14ClN3O3. The molecule has 0 saturated carbocycles. The topological polar surface area (TPSA) is 92.2 Å². The third-order valence-corrected chi connectivity index (χ3v) is 3.34. The van der Waals surface area contributed by atoms with E-state index in [4.69, 9.17) is 16.7 Å². The van der Waals surface area contributed by atoms with E-state index in [-0.39, 0.29) is 11.1 Å². The van der Waals surface area contributed by atoms with Crippen LogP contribution in [0.25, 0.3) is 0 Å². The number of hydrogen-bond donors (Lipinski definition) is 2. The van der Waals surface area contributed by atoms with Crippen molar-refractivity contribution in [2.75, 3.05) is 5.32 Å². The molecule has 0 bridgehead atoms. The normalized spacial score (nSPS) is 21.5. The number of amides is 1. The molecule has 6 nitrogen and oxygen atoms in total. The maximum absolute atomic E-state index is 12.2. The van der Waals surface area contributed by atoms with Crippen molar-refractivity contribution in [2.24, 2.45) is 11.8 Å². The smallest absolute Gasteiger partial charge is 0.307 e. The van der Waals surface area contributed by atoms with Crippen LogP contribution < -0.4 is 5.32 Å². The summed E-state index contributed by atoms with van der Waals surface area (Å²) in [5, 5.41) is 11.9. The van der Waals surface area contributed by atoms with Crippen LogP contribution >= 0.6 is 11.6 Å². The molecule has 106 valence electrons. The Hall–Kier alpha value is -1.95. The summed E-state index contributed by atoms with van der Waals surface area (Å²) in [7, 11) is 0. The molecule has 1 aliphatic rings. The molecule has 0 spiro atoms. The second-order valence-corrected chi connectivity index (χ2v) is 5.03. The minimum Gasteiger partial charge on any atom is -0.481 e. The van der Waals surface area contributed by atoms with E-state index in [1.807, 2.05) is 6.08 Å². The van der Waals surface area contributed by atoms with Crippen molar-refractivity contribution in [1.82, 2.24) is 9.97 Å². The third kappa shape index (κ3) is 3.33. The highest BCUT2D eigenvalue weighted by Crippen LogP contribution is 2.27. The summed E-state index contributed by atoms with van der Waals surface area (Å²) in [6.45, 7) is 1.73. The van der Waals surface area contributed by atoms with E-state index in [0.717, 1.165) is 0 Å². The van der Waals surface area contributed by atoms with Gasteiger partial charge in [-0.25, -0.2) is 9.97 Å². The SMILES string of the molecule is Cc1cc(Cl)nc(NC(=O)[C@@H]2CC=CC[C@@H]2C(=O)O)n1. The van der Waals surface area contributed by atoms with E-state index in [0.29, 0.717) is 18.5 Å². The molecule has 0 saturated heterocycles. The molecule has 20 heavy (non-hydrogen) atoms. The Labute approximate surface area is 120 Å². The highest BCUT2D eigenvalue weighted by Gasteiger charge is 2.34. The molecule has 1 heterocycles. The summed E-state index contributed by atoms with van der Waals surface area (Å²) < 4.78 is 0. The van der Waals surface area contributed by atoms with Gasteiger partial charge in [0.2, 0.25) is 11.9 Å². The first kappa shape index (κ1) is 14.5. The number of aliphatic carboxylic acids is 1. The lowest BCUT2D eigenvalue weighted by Crippen LogP contribution is -2.35. The van der Waals surface area contributed by atoms with Crippen LogP contribution in [0.3, 0.4) is 0 Å². The average molecular weight is 296 g/mol. The summed E-state index contributed by atoms with van der Waals surface area (Å²) in [5.41, 5.74) is 0.624. The van der Waals surface area contributed by atoms with Gasteiger partial charge in [-0.2, -0.15) is 0 Å². The number of aryl methyl sites for hydroxylation is 1. The van der Waals surface area contributed by atoms with Crippen molar-refractivity contribution in [2.45, 2.75) is 19.8 Å². The predicted molar refractivity (Wildman–Crippen MR) is 73.4 cm³/mol. The Morgan fingerprint density at radius 2 is 1.95 bits per heavy atom. The van der Waals surface area contributed by atoms with E-state index >= 15 is 0 Å². The van der Waals surface area contributed by atoms with Crippen molar-refractivity contribution in [3.05, 3.63) is 29.1 Å². The third-order valence-electron chi connectivity index (χ3n) is 3.14. The second-order valence-electron chi connectivity index (χ2n) is 4.64. The number of rotatable bonds is 3. The number of carbonyl (C=O) groups is 2. The molecule has 0 unspecified atom stereocenters. The monoisotopic (exact) mass is 295 g/mol. The molecule has 2 N–H and O–H groups in total. The van der Waals surface area contributed by atoms with Gasteiger partial charge in [0.05, 0.1) is 11.8 Å². The minimum atomic E-state index is -0.974. The number of carboxylic acids is 1. The van der Waals surface area contributed by atoms with E-state index in [2.05, 4.69) is 15.3 Å². The Morgan fingerprint density at radius 1 is 1.30 bits per heavy atom. The van der Waals surface area contributed by atoms with Gasteiger partial charge >= 0.3 is 5.97 Å². The summed E-state index contributed by atoms with van der Waals surface area (Å²) in [4.78, 5) is 31.3. The molecule has 7 heteroatoms. The Morgan fingerprint density at radius 3 is 2.55 bits per heavy atom. The first-order valence-electron chi connectivity index (χ1n) is 6.17. The average Bonchev–Trinajstić information content (AvgIpc) is 2.37. The molecule has 0 fully saturated rings. The van der Waals surface area contributed by atoms with Crippen molar-refractivity contribution < 1.29 is 14.7 Å².